The van der Waals surface area contributed by atoms with E-state index in [-0.39, 0.29) is 36.4 Å². The molecule has 10 rings (SSSR count). The molecule has 4 aliphatic rings. The molecule has 2 aromatic carbocycles. The van der Waals surface area contributed by atoms with E-state index in [4.69, 9.17) is 9.47 Å². The summed E-state index contributed by atoms with van der Waals surface area (Å²) >= 11 is 0. The molecule has 300 valence electrons. The van der Waals surface area contributed by atoms with Gasteiger partial charge in [-0.1, -0.05) is 60.7 Å². The summed E-state index contributed by atoms with van der Waals surface area (Å²) in [6.07, 6.45) is 15.7. The summed E-state index contributed by atoms with van der Waals surface area (Å²) in [5.41, 5.74) is 8.03. The van der Waals surface area contributed by atoms with Crippen LogP contribution >= 0.6 is 0 Å². The first kappa shape index (κ1) is 37.9. The highest BCUT2D eigenvalue weighted by Gasteiger charge is 2.52. The van der Waals surface area contributed by atoms with Crippen LogP contribution in [0.5, 0.6) is 0 Å². The molecular formula is C48H54N6O4. The van der Waals surface area contributed by atoms with E-state index in [0.29, 0.717) is 11.8 Å². The molecule has 10 heteroatoms. The molecule has 2 atom stereocenters. The van der Waals surface area contributed by atoms with Gasteiger partial charge in [-0.05, 0) is 137 Å². The monoisotopic (exact) mass is 778 g/mol. The maximum atomic E-state index is 12.8. The van der Waals surface area contributed by atoms with Gasteiger partial charge < -0.3 is 19.4 Å². The lowest BCUT2D eigenvalue weighted by atomic mass is 9.80. The number of carbonyl (C=O) groups is 2. The van der Waals surface area contributed by atoms with Crippen LogP contribution in [0, 0.1) is 0 Å². The second kappa shape index (κ2) is 15.3. The highest BCUT2D eigenvalue weighted by atomic mass is 16.6. The van der Waals surface area contributed by atoms with Gasteiger partial charge in [0.1, 0.15) is 11.2 Å². The zero-order valence-corrected chi connectivity index (χ0v) is 33.9. The van der Waals surface area contributed by atoms with Crippen molar-refractivity contribution < 1.29 is 19.1 Å². The number of fused-ring (bicyclic) bond motifs is 2. The molecule has 2 aliphatic heterocycles. The van der Waals surface area contributed by atoms with Crippen molar-refractivity contribution >= 4 is 34.3 Å². The number of cyclic esters (lactones) is 2. The zero-order chi connectivity index (χ0) is 40.0. The SMILES string of the molecule is CC1(C)OC(=O)N(C2CCC(c3cnc4cc[nH]c4c3)CC2)[C@H]1c1ccccc1.CC1(C)OC(=O)N(C2CCC(c3cnc4cc[nH]c4c3)CC2)[C@H]1c1ccccc1. The second-order valence-corrected chi connectivity index (χ2v) is 17.8. The summed E-state index contributed by atoms with van der Waals surface area (Å²) < 4.78 is 11.6. The molecule has 2 saturated heterocycles. The van der Waals surface area contributed by atoms with Crippen LogP contribution in [0.15, 0.2) is 110 Å². The number of carbonyl (C=O) groups excluding carboxylic acids is 2. The van der Waals surface area contributed by atoms with Crippen molar-refractivity contribution in [2.45, 2.75) is 126 Å². The van der Waals surface area contributed by atoms with Crippen molar-refractivity contribution in [1.29, 1.82) is 0 Å². The fourth-order valence-electron chi connectivity index (χ4n) is 10.4. The number of benzene rings is 2. The number of rotatable bonds is 6. The lowest BCUT2D eigenvalue weighted by Gasteiger charge is -2.38. The highest BCUT2D eigenvalue weighted by Crippen LogP contribution is 2.48. The van der Waals surface area contributed by atoms with Gasteiger partial charge in [-0.3, -0.25) is 19.8 Å². The number of amides is 2. The number of hydrogen-bond acceptors (Lipinski definition) is 6. The van der Waals surface area contributed by atoms with Crippen LogP contribution < -0.4 is 0 Å². The molecule has 2 N–H and O–H groups in total. The van der Waals surface area contributed by atoms with Crippen molar-refractivity contribution in [2.75, 3.05) is 0 Å². The Morgan fingerprint density at radius 3 is 1.29 bits per heavy atom. The van der Waals surface area contributed by atoms with Crippen LogP contribution in [-0.2, 0) is 9.47 Å². The molecule has 0 radical (unpaired) electrons. The molecule has 4 fully saturated rings. The molecule has 2 amide bonds. The Hall–Kier alpha value is -5.64. The van der Waals surface area contributed by atoms with Gasteiger partial charge in [0, 0.05) is 36.9 Å². The van der Waals surface area contributed by atoms with Crippen LogP contribution in [0.3, 0.4) is 0 Å². The molecule has 0 bridgehead atoms. The van der Waals surface area contributed by atoms with Crippen LogP contribution in [0.2, 0.25) is 0 Å². The van der Waals surface area contributed by atoms with E-state index >= 15 is 0 Å². The molecular weight excluding hydrogens is 725 g/mol. The molecule has 58 heavy (non-hydrogen) atoms. The number of aromatic nitrogens is 4. The molecule has 4 aromatic heterocycles. The van der Waals surface area contributed by atoms with Gasteiger partial charge in [0.25, 0.3) is 0 Å². The zero-order valence-electron chi connectivity index (χ0n) is 33.9. The summed E-state index contributed by atoms with van der Waals surface area (Å²) in [7, 11) is 0. The molecule has 0 unspecified atom stereocenters. The molecule has 6 aromatic rings. The average Bonchev–Trinajstić information content (AvgIpc) is 4.01. The quantitative estimate of drug-likeness (QED) is 0.174. The maximum Gasteiger partial charge on any atom is 0.411 e. The minimum atomic E-state index is -0.530. The van der Waals surface area contributed by atoms with Crippen LogP contribution in [0.4, 0.5) is 9.59 Å². The summed E-state index contributed by atoms with van der Waals surface area (Å²) in [5.74, 6) is 0.988. The van der Waals surface area contributed by atoms with Crippen molar-refractivity contribution in [3.05, 3.63) is 132 Å². The van der Waals surface area contributed by atoms with E-state index in [0.717, 1.165) is 84.6 Å². The number of nitrogens with one attached hydrogen (secondary N) is 2. The Balaban J connectivity index is 0.000000150. The lowest BCUT2D eigenvalue weighted by Crippen LogP contribution is -2.42. The summed E-state index contributed by atoms with van der Waals surface area (Å²) in [6.45, 7) is 8.08. The number of ether oxygens (including phenoxy) is 2. The van der Waals surface area contributed by atoms with Gasteiger partial charge in [0.15, 0.2) is 0 Å². The Morgan fingerprint density at radius 2 is 0.914 bits per heavy atom. The number of aromatic amines is 2. The Kier molecular flexibility index (Phi) is 9.98. The average molecular weight is 779 g/mol. The van der Waals surface area contributed by atoms with Crippen molar-refractivity contribution in [3.63, 3.8) is 0 Å². The van der Waals surface area contributed by atoms with Gasteiger partial charge in [-0.25, -0.2) is 9.59 Å². The highest BCUT2D eigenvalue weighted by molar-refractivity contribution is 5.76. The second-order valence-electron chi connectivity index (χ2n) is 17.8. The molecule has 10 nitrogen and oxygen atoms in total. The van der Waals surface area contributed by atoms with Gasteiger partial charge in [-0.2, -0.15) is 0 Å². The fourth-order valence-corrected chi connectivity index (χ4v) is 10.4. The molecule has 2 aliphatic carbocycles. The van der Waals surface area contributed by atoms with Crippen LogP contribution in [0.25, 0.3) is 22.1 Å². The fraction of sp³-hybridized carbons (Fsp3) is 0.417. The third kappa shape index (κ3) is 7.22. The largest absolute Gasteiger partial charge is 0.441 e. The number of nitrogens with zero attached hydrogens (tertiary/aromatic N) is 4. The lowest BCUT2D eigenvalue weighted by molar-refractivity contribution is 0.0656. The number of pyridine rings is 2. The number of H-pyrrole nitrogens is 2. The van der Waals surface area contributed by atoms with Crippen molar-refractivity contribution in [1.82, 2.24) is 29.7 Å². The Bertz CT molecular complexity index is 2210. The van der Waals surface area contributed by atoms with E-state index in [2.05, 4.69) is 56.3 Å². The summed E-state index contributed by atoms with van der Waals surface area (Å²) in [6, 6.07) is 29.4. The minimum Gasteiger partial charge on any atom is -0.441 e. The predicted molar refractivity (Wildman–Crippen MR) is 225 cm³/mol. The maximum absolute atomic E-state index is 12.8. The summed E-state index contributed by atoms with van der Waals surface area (Å²) in [5, 5.41) is 0. The van der Waals surface area contributed by atoms with E-state index < -0.39 is 11.2 Å². The van der Waals surface area contributed by atoms with E-state index in [1.807, 2.05) is 111 Å². The standard InChI is InChI=1S/2C24H27N3O2/c2*1-24(2)22(17-6-4-3-5-7-17)27(23(28)29-24)19-10-8-16(9-11-19)18-14-21-20(26-15-18)12-13-25-21/h2*3-7,12-16,19,22,25H,8-11H2,1-2H3/t2*16?,19?,22-/m00/s1. The molecule has 0 spiro atoms. The van der Waals surface area contributed by atoms with Gasteiger partial charge >= 0.3 is 12.2 Å². The smallest absolute Gasteiger partial charge is 0.411 e. The van der Waals surface area contributed by atoms with Gasteiger partial charge in [0.2, 0.25) is 0 Å². The first-order valence-corrected chi connectivity index (χ1v) is 21.0. The Labute approximate surface area is 340 Å². The molecule has 2 saturated carbocycles. The van der Waals surface area contributed by atoms with Crippen LogP contribution in [-0.4, -0.2) is 65.2 Å². The van der Waals surface area contributed by atoms with Gasteiger partial charge in [0.05, 0.1) is 34.2 Å². The van der Waals surface area contributed by atoms with E-state index in [9.17, 15) is 9.59 Å². The van der Waals surface area contributed by atoms with Crippen molar-refractivity contribution in [3.8, 4) is 0 Å². The van der Waals surface area contributed by atoms with Crippen LogP contribution in [0.1, 0.15) is 125 Å². The molecule has 6 heterocycles. The minimum absolute atomic E-state index is 0.0466. The Morgan fingerprint density at radius 1 is 0.534 bits per heavy atom. The third-order valence-corrected chi connectivity index (χ3v) is 13.2. The first-order valence-electron chi connectivity index (χ1n) is 21.0. The topological polar surface area (TPSA) is 116 Å². The normalized spacial score (nSPS) is 26.6. The third-order valence-electron chi connectivity index (χ3n) is 13.2. The van der Waals surface area contributed by atoms with E-state index in [1.165, 1.54) is 11.1 Å². The van der Waals surface area contributed by atoms with Gasteiger partial charge in [-0.15, -0.1) is 0 Å². The number of hydrogen-bond donors (Lipinski definition) is 2. The predicted octanol–water partition coefficient (Wildman–Crippen LogP) is 11.1. The van der Waals surface area contributed by atoms with Crippen molar-refractivity contribution in [2.24, 2.45) is 0 Å². The first-order chi connectivity index (χ1) is 28.1. The van der Waals surface area contributed by atoms with E-state index in [1.54, 1.807) is 0 Å². The summed E-state index contributed by atoms with van der Waals surface area (Å²) in [4.78, 5) is 45.4.